The average Bonchev–Trinajstić information content (AvgIpc) is 2.58. The molecule has 0 aromatic rings. The van der Waals surface area contributed by atoms with E-state index in [1.807, 2.05) is 0 Å². The second-order valence-corrected chi connectivity index (χ2v) is 7.69. The van der Waals surface area contributed by atoms with E-state index in [0.717, 1.165) is 18.5 Å². The van der Waals surface area contributed by atoms with Crippen LogP contribution >= 0.6 is 0 Å². The summed E-state index contributed by atoms with van der Waals surface area (Å²) in [5, 5.41) is 13.3. The Balaban J connectivity index is 1.75. The first kappa shape index (κ1) is 15.3. The summed E-state index contributed by atoms with van der Waals surface area (Å²) in [6, 6.07) is 0.725. The molecule has 0 aliphatic heterocycles. The summed E-state index contributed by atoms with van der Waals surface area (Å²) in [6.45, 7) is 6.36. The van der Waals surface area contributed by atoms with Crippen molar-refractivity contribution in [3.05, 3.63) is 0 Å². The van der Waals surface area contributed by atoms with Crippen LogP contribution in [0, 0.1) is 17.3 Å². The van der Waals surface area contributed by atoms with E-state index in [9.17, 15) is 5.11 Å². The number of hydrogen-bond acceptors (Lipinski definition) is 2. The zero-order chi connectivity index (χ0) is 13.7. The van der Waals surface area contributed by atoms with Crippen LogP contribution in [-0.4, -0.2) is 24.3 Å². The molecule has 2 rings (SSSR count). The first-order chi connectivity index (χ1) is 9.11. The molecule has 2 nitrogen and oxygen atoms in total. The molecule has 0 spiro atoms. The van der Waals surface area contributed by atoms with Gasteiger partial charge >= 0.3 is 0 Å². The molecule has 2 saturated carbocycles. The topological polar surface area (TPSA) is 32.3 Å². The first-order valence-corrected chi connectivity index (χ1v) is 8.45. The maximum Gasteiger partial charge on any atom is 0.0462 e. The minimum atomic E-state index is 0.393. The van der Waals surface area contributed by atoms with Crippen molar-refractivity contribution in [1.29, 1.82) is 0 Å². The van der Waals surface area contributed by atoms with E-state index in [-0.39, 0.29) is 0 Å². The fourth-order valence-electron chi connectivity index (χ4n) is 3.98. The van der Waals surface area contributed by atoms with Crippen LogP contribution in [0.4, 0.5) is 0 Å². The lowest BCUT2D eigenvalue weighted by Gasteiger charge is -2.32. The Morgan fingerprint density at radius 3 is 2.42 bits per heavy atom. The summed E-state index contributed by atoms with van der Waals surface area (Å²) in [6.07, 6.45) is 12.0. The average molecular weight is 267 g/mol. The third-order valence-corrected chi connectivity index (χ3v) is 5.55. The highest BCUT2D eigenvalue weighted by atomic mass is 16.3. The highest BCUT2D eigenvalue weighted by molar-refractivity contribution is 4.82. The van der Waals surface area contributed by atoms with Gasteiger partial charge in [0.25, 0.3) is 0 Å². The zero-order valence-corrected chi connectivity index (χ0v) is 13.0. The maximum atomic E-state index is 9.48. The third kappa shape index (κ3) is 4.75. The second-order valence-electron chi connectivity index (χ2n) is 7.69. The molecule has 0 heterocycles. The monoisotopic (exact) mass is 267 g/mol. The van der Waals surface area contributed by atoms with Crippen LogP contribution in [0.15, 0.2) is 0 Å². The molecule has 0 aromatic carbocycles. The number of aliphatic hydroxyl groups is 1. The van der Waals surface area contributed by atoms with Gasteiger partial charge in [-0.2, -0.15) is 0 Å². The molecule has 3 atom stereocenters. The molecule has 3 unspecified atom stereocenters. The van der Waals surface area contributed by atoms with Crippen molar-refractivity contribution < 1.29 is 5.11 Å². The van der Waals surface area contributed by atoms with Crippen LogP contribution < -0.4 is 5.32 Å². The van der Waals surface area contributed by atoms with Gasteiger partial charge in [-0.3, -0.25) is 0 Å². The predicted molar refractivity (Wildman–Crippen MR) is 81.2 cm³/mol. The molecule has 19 heavy (non-hydrogen) atoms. The second kappa shape index (κ2) is 7.08. The lowest BCUT2D eigenvalue weighted by molar-refractivity contribution is 0.130. The number of rotatable bonds is 4. The fraction of sp³-hybridized carbons (Fsp3) is 1.00. The van der Waals surface area contributed by atoms with Gasteiger partial charge < -0.3 is 10.4 Å². The third-order valence-electron chi connectivity index (χ3n) is 5.55. The van der Waals surface area contributed by atoms with E-state index in [4.69, 9.17) is 0 Å². The largest absolute Gasteiger partial charge is 0.396 e. The summed E-state index contributed by atoms with van der Waals surface area (Å²) in [5.41, 5.74) is 0.550. The van der Waals surface area contributed by atoms with E-state index in [1.165, 1.54) is 57.8 Å². The van der Waals surface area contributed by atoms with Gasteiger partial charge in [0.05, 0.1) is 0 Å². The molecular weight excluding hydrogens is 234 g/mol. The van der Waals surface area contributed by atoms with Crippen LogP contribution in [0.2, 0.25) is 0 Å². The van der Waals surface area contributed by atoms with E-state index >= 15 is 0 Å². The Morgan fingerprint density at radius 2 is 1.68 bits per heavy atom. The van der Waals surface area contributed by atoms with Crippen LogP contribution in [0.1, 0.15) is 71.6 Å². The molecule has 112 valence electrons. The molecule has 2 aliphatic rings. The normalized spacial score (nSPS) is 35.8. The molecule has 2 aliphatic carbocycles. The highest BCUT2D eigenvalue weighted by Gasteiger charge is 2.27. The highest BCUT2D eigenvalue weighted by Crippen LogP contribution is 2.34. The molecule has 0 aromatic heterocycles. The van der Waals surface area contributed by atoms with Crippen LogP contribution in [0.3, 0.4) is 0 Å². The lowest BCUT2D eigenvalue weighted by Crippen LogP contribution is -2.37. The Morgan fingerprint density at radius 1 is 0.947 bits per heavy atom. The molecule has 0 bridgehead atoms. The Bertz CT molecular complexity index is 264. The van der Waals surface area contributed by atoms with Crippen LogP contribution in [-0.2, 0) is 0 Å². The Kier molecular flexibility index (Phi) is 5.70. The molecular formula is C17H33NO. The van der Waals surface area contributed by atoms with E-state index < -0.39 is 0 Å². The molecule has 2 N–H and O–H groups in total. The Hall–Kier alpha value is -0.0800. The van der Waals surface area contributed by atoms with Gasteiger partial charge in [0, 0.05) is 12.6 Å². The minimum absolute atomic E-state index is 0.393. The maximum absolute atomic E-state index is 9.48. The van der Waals surface area contributed by atoms with Crippen LogP contribution in [0.5, 0.6) is 0 Å². The smallest absolute Gasteiger partial charge is 0.0462 e. The van der Waals surface area contributed by atoms with Crippen molar-refractivity contribution in [2.75, 3.05) is 13.2 Å². The van der Waals surface area contributed by atoms with Crippen molar-refractivity contribution >= 4 is 0 Å². The number of nitrogens with one attached hydrogen (secondary N) is 1. The summed E-state index contributed by atoms with van der Waals surface area (Å²) < 4.78 is 0. The van der Waals surface area contributed by atoms with E-state index in [1.54, 1.807) is 0 Å². The van der Waals surface area contributed by atoms with Gasteiger partial charge in [0.2, 0.25) is 0 Å². The van der Waals surface area contributed by atoms with Gasteiger partial charge in [-0.05, 0) is 62.3 Å². The summed E-state index contributed by atoms with van der Waals surface area (Å²) in [7, 11) is 0. The van der Waals surface area contributed by atoms with E-state index in [0.29, 0.717) is 17.9 Å². The van der Waals surface area contributed by atoms with Gasteiger partial charge in [-0.15, -0.1) is 0 Å². The fourth-order valence-corrected chi connectivity index (χ4v) is 3.98. The molecule has 0 amide bonds. The zero-order valence-electron chi connectivity index (χ0n) is 13.0. The van der Waals surface area contributed by atoms with Gasteiger partial charge in [-0.1, -0.05) is 33.1 Å². The summed E-state index contributed by atoms with van der Waals surface area (Å²) in [4.78, 5) is 0. The van der Waals surface area contributed by atoms with Gasteiger partial charge in [0.1, 0.15) is 0 Å². The van der Waals surface area contributed by atoms with Crippen molar-refractivity contribution in [3.8, 4) is 0 Å². The van der Waals surface area contributed by atoms with Crippen molar-refractivity contribution in [2.45, 2.75) is 77.7 Å². The quantitative estimate of drug-likeness (QED) is 0.761. The molecule has 2 fully saturated rings. The van der Waals surface area contributed by atoms with Crippen molar-refractivity contribution in [3.63, 3.8) is 0 Å². The van der Waals surface area contributed by atoms with Crippen LogP contribution in [0.25, 0.3) is 0 Å². The van der Waals surface area contributed by atoms with E-state index in [2.05, 4.69) is 19.2 Å². The summed E-state index contributed by atoms with van der Waals surface area (Å²) in [5.74, 6) is 1.28. The predicted octanol–water partition coefficient (Wildman–Crippen LogP) is 3.73. The van der Waals surface area contributed by atoms with Gasteiger partial charge in [-0.25, -0.2) is 0 Å². The molecule has 0 radical (unpaired) electrons. The van der Waals surface area contributed by atoms with Crippen molar-refractivity contribution in [2.24, 2.45) is 17.3 Å². The molecule has 0 saturated heterocycles. The number of aliphatic hydroxyl groups excluding tert-OH is 1. The Labute approximate surface area is 119 Å². The lowest BCUT2D eigenvalue weighted by atomic mass is 9.79. The first-order valence-electron chi connectivity index (χ1n) is 8.45. The minimum Gasteiger partial charge on any atom is -0.396 e. The standard InChI is InChI=1S/C17H33NO/c1-17(2)10-5-8-16(9-11-17)18-12-14-6-3-4-7-15(14)13-19/h14-16,18-19H,3-13H2,1-2H3. The SMILES string of the molecule is CC1(C)CCCC(NCC2CCCCC2CO)CC1. The van der Waals surface area contributed by atoms with Gasteiger partial charge in [0.15, 0.2) is 0 Å². The molecule has 2 heteroatoms. The number of hydrogen-bond donors (Lipinski definition) is 2. The summed E-state index contributed by atoms with van der Waals surface area (Å²) >= 11 is 0. The van der Waals surface area contributed by atoms with Crippen molar-refractivity contribution in [1.82, 2.24) is 5.32 Å².